The summed E-state index contributed by atoms with van der Waals surface area (Å²) in [6.07, 6.45) is 5.45. The quantitative estimate of drug-likeness (QED) is 0.848. The molecule has 3 saturated heterocycles. The van der Waals surface area contributed by atoms with E-state index in [0.29, 0.717) is 11.8 Å². The van der Waals surface area contributed by atoms with Crippen molar-refractivity contribution in [1.82, 2.24) is 9.88 Å². The Morgan fingerprint density at radius 1 is 1.07 bits per heavy atom. The fourth-order valence-electron chi connectivity index (χ4n) is 5.01. The molecule has 1 atom stereocenters. The van der Waals surface area contributed by atoms with Gasteiger partial charge in [-0.1, -0.05) is 12.1 Å². The van der Waals surface area contributed by atoms with Gasteiger partial charge in [0, 0.05) is 69.1 Å². The van der Waals surface area contributed by atoms with E-state index in [9.17, 15) is 0 Å². The molecule has 1 aromatic carbocycles. The summed E-state index contributed by atoms with van der Waals surface area (Å²) in [5, 5.41) is 1.34. The van der Waals surface area contributed by atoms with Gasteiger partial charge in [0.2, 0.25) is 0 Å². The predicted molar refractivity (Wildman–Crippen MR) is 105 cm³/mol. The molecule has 5 heteroatoms. The van der Waals surface area contributed by atoms with Crippen LogP contribution in [0.25, 0.3) is 10.9 Å². The molecule has 1 aromatic heterocycles. The minimum absolute atomic E-state index is 0.0295. The third kappa shape index (κ3) is 3.54. The van der Waals surface area contributed by atoms with Crippen molar-refractivity contribution in [2.24, 2.45) is 11.8 Å². The van der Waals surface area contributed by atoms with Crippen molar-refractivity contribution in [1.29, 1.82) is 0 Å². The van der Waals surface area contributed by atoms with Crippen LogP contribution in [0.4, 0.5) is 0 Å². The molecule has 0 radical (unpaired) electrons. The van der Waals surface area contributed by atoms with E-state index in [4.69, 9.17) is 14.2 Å². The van der Waals surface area contributed by atoms with Crippen LogP contribution in [-0.2, 0) is 20.8 Å². The van der Waals surface area contributed by atoms with E-state index in [1.165, 1.54) is 16.5 Å². The molecule has 3 fully saturated rings. The van der Waals surface area contributed by atoms with Gasteiger partial charge in [0.15, 0.2) is 0 Å². The highest BCUT2D eigenvalue weighted by molar-refractivity contribution is 5.82. The number of fused-ring (bicyclic) bond motifs is 1. The lowest BCUT2D eigenvalue weighted by atomic mass is 9.81. The third-order valence-corrected chi connectivity index (χ3v) is 6.68. The van der Waals surface area contributed by atoms with Gasteiger partial charge < -0.3 is 19.2 Å². The minimum Gasteiger partial charge on any atom is -0.381 e. The number of hydrogen-bond acceptors (Lipinski definition) is 4. The summed E-state index contributed by atoms with van der Waals surface area (Å²) < 4.78 is 17.8. The van der Waals surface area contributed by atoms with Gasteiger partial charge in [0.05, 0.1) is 12.2 Å². The Kier molecular flexibility index (Phi) is 4.94. The maximum Gasteiger partial charge on any atom is 0.0985 e. The molecule has 3 aliphatic rings. The zero-order valence-corrected chi connectivity index (χ0v) is 16.0. The van der Waals surface area contributed by atoms with E-state index >= 15 is 0 Å². The first-order chi connectivity index (χ1) is 13.3. The molecule has 1 spiro atoms. The molecule has 0 unspecified atom stereocenters. The van der Waals surface area contributed by atoms with Crippen LogP contribution in [0, 0.1) is 11.8 Å². The Labute approximate surface area is 161 Å². The van der Waals surface area contributed by atoms with Crippen molar-refractivity contribution in [2.75, 3.05) is 46.1 Å². The molecule has 4 heterocycles. The Hall–Kier alpha value is -1.40. The average Bonchev–Trinajstić information content (AvgIpc) is 3.30. The number of likely N-dealkylation sites (tertiary alicyclic amines) is 1. The van der Waals surface area contributed by atoms with Gasteiger partial charge in [-0.2, -0.15) is 0 Å². The Bertz CT molecular complexity index is 762. The molecular weight excluding hydrogens is 340 g/mol. The number of aromatic amines is 1. The second-order valence-corrected chi connectivity index (χ2v) is 8.49. The zero-order chi connectivity index (χ0) is 18.1. The second kappa shape index (κ2) is 7.55. The molecule has 5 rings (SSSR count). The van der Waals surface area contributed by atoms with Gasteiger partial charge in [0.1, 0.15) is 0 Å². The van der Waals surface area contributed by atoms with Crippen molar-refractivity contribution in [3.05, 3.63) is 36.0 Å². The van der Waals surface area contributed by atoms with Crippen molar-refractivity contribution in [3.63, 3.8) is 0 Å². The van der Waals surface area contributed by atoms with E-state index in [1.54, 1.807) is 0 Å². The summed E-state index contributed by atoms with van der Waals surface area (Å²) >= 11 is 0. The fourth-order valence-corrected chi connectivity index (χ4v) is 5.01. The molecule has 0 saturated carbocycles. The lowest BCUT2D eigenvalue weighted by Crippen LogP contribution is -2.64. The maximum atomic E-state index is 6.22. The molecule has 27 heavy (non-hydrogen) atoms. The van der Waals surface area contributed by atoms with Gasteiger partial charge in [-0.15, -0.1) is 0 Å². The molecule has 3 aliphatic heterocycles. The summed E-state index contributed by atoms with van der Waals surface area (Å²) in [4.78, 5) is 5.82. The van der Waals surface area contributed by atoms with Gasteiger partial charge >= 0.3 is 0 Å². The van der Waals surface area contributed by atoms with Gasteiger partial charge in [0.25, 0.3) is 0 Å². The van der Waals surface area contributed by atoms with Crippen molar-refractivity contribution < 1.29 is 14.2 Å². The van der Waals surface area contributed by atoms with Crippen LogP contribution in [-0.4, -0.2) is 61.6 Å². The standard InChI is InChI=1S/C22H30N2O3/c1-2-18(20-4-8-23-21(20)3-1)12-24-15-22(16-24)19(7-11-27-22)14-26-13-17-5-9-25-10-6-17/h1-4,8,17,19,23H,5-7,9-16H2/t19-/m0/s1. The SMILES string of the molecule is c1cc(CN2CC3(C2)OCC[C@H]3COCC2CCOCC2)c2cc[nH]c2c1. The highest BCUT2D eigenvalue weighted by atomic mass is 16.5. The van der Waals surface area contributed by atoms with E-state index in [2.05, 4.69) is 34.1 Å². The minimum atomic E-state index is 0.0295. The number of nitrogens with zero attached hydrogens (tertiary/aromatic N) is 1. The summed E-state index contributed by atoms with van der Waals surface area (Å²) in [5.74, 6) is 1.22. The zero-order valence-electron chi connectivity index (χ0n) is 16.0. The van der Waals surface area contributed by atoms with Crippen LogP contribution in [0.15, 0.2) is 30.5 Å². The molecule has 0 aliphatic carbocycles. The van der Waals surface area contributed by atoms with Gasteiger partial charge in [-0.05, 0) is 42.9 Å². The number of nitrogens with one attached hydrogen (secondary N) is 1. The summed E-state index contributed by atoms with van der Waals surface area (Å²) in [5.41, 5.74) is 2.65. The molecule has 2 aromatic rings. The number of benzene rings is 1. The largest absolute Gasteiger partial charge is 0.381 e. The Balaban J connectivity index is 1.14. The van der Waals surface area contributed by atoms with Crippen LogP contribution in [0.1, 0.15) is 24.8 Å². The lowest BCUT2D eigenvalue weighted by molar-refractivity contribution is -0.147. The molecule has 1 N–H and O–H groups in total. The van der Waals surface area contributed by atoms with Gasteiger partial charge in [-0.25, -0.2) is 0 Å². The fraction of sp³-hybridized carbons (Fsp3) is 0.636. The lowest BCUT2D eigenvalue weighted by Gasteiger charge is -2.50. The Morgan fingerprint density at radius 2 is 1.96 bits per heavy atom. The highest BCUT2D eigenvalue weighted by Crippen LogP contribution is 2.41. The van der Waals surface area contributed by atoms with Crippen molar-refractivity contribution in [3.8, 4) is 0 Å². The van der Waals surface area contributed by atoms with Crippen molar-refractivity contribution in [2.45, 2.75) is 31.4 Å². The predicted octanol–water partition coefficient (Wildman–Crippen LogP) is 3.20. The van der Waals surface area contributed by atoms with E-state index in [-0.39, 0.29) is 5.60 Å². The third-order valence-electron chi connectivity index (χ3n) is 6.68. The van der Waals surface area contributed by atoms with Crippen LogP contribution >= 0.6 is 0 Å². The molecule has 0 bridgehead atoms. The maximum absolute atomic E-state index is 6.22. The average molecular weight is 370 g/mol. The van der Waals surface area contributed by atoms with Gasteiger partial charge in [-0.3, -0.25) is 4.90 Å². The summed E-state index contributed by atoms with van der Waals surface area (Å²) in [7, 11) is 0. The first-order valence-electron chi connectivity index (χ1n) is 10.4. The normalized spacial score (nSPS) is 26.0. The van der Waals surface area contributed by atoms with Crippen molar-refractivity contribution >= 4 is 10.9 Å². The smallest absolute Gasteiger partial charge is 0.0985 e. The Morgan fingerprint density at radius 3 is 2.85 bits per heavy atom. The number of ether oxygens (including phenoxy) is 3. The molecule has 0 amide bonds. The second-order valence-electron chi connectivity index (χ2n) is 8.49. The first kappa shape index (κ1) is 17.7. The number of rotatable bonds is 6. The van der Waals surface area contributed by atoms with E-state index in [1.807, 2.05) is 6.20 Å². The number of H-pyrrole nitrogens is 1. The van der Waals surface area contributed by atoms with Crippen LogP contribution in [0.5, 0.6) is 0 Å². The topological polar surface area (TPSA) is 46.7 Å². The molecule has 146 valence electrons. The monoisotopic (exact) mass is 370 g/mol. The molecule has 5 nitrogen and oxygen atoms in total. The van der Waals surface area contributed by atoms with E-state index in [0.717, 1.165) is 71.9 Å². The van der Waals surface area contributed by atoms with Crippen LogP contribution in [0.3, 0.4) is 0 Å². The number of hydrogen-bond donors (Lipinski definition) is 1. The van der Waals surface area contributed by atoms with Crippen LogP contribution in [0.2, 0.25) is 0 Å². The van der Waals surface area contributed by atoms with Crippen LogP contribution < -0.4 is 0 Å². The first-order valence-corrected chi connectivity index (χ1v) is 10.4. The molecular formula is C22H30N2O3. The number of aromatic nitrogens is 1. The summed E-state index contributed by atoms with van der Waals surface area (Å²) in [6.45, 7) is 7.45. The summed E-state index contributed by atoms with van der Waals surface area (Å²) in [6, 6.07) is 8.70. The highest BCUT2D eigenvalue weighted by Gasteiger charge is 2.52. The van der Waals surface area contributed by atoms with E-state index < -0.39 is 0 Å².